The van der Waals surface area contributed by atoms with Gasteiger partial charge in [0.05, 0.1) is 0 Å². The van der Waals surface area contributed by atoms with Gasteiger partial charge in [-0.25, -0.2) is 0 Å². The fourth-order valence-electron chi connectivity index (χ4n) is 1.33. The molecule has 0 saturated heterocycles. The quantitative estimate of drug-likeness (QED) is 0.750. The van der Waals surface area contributed by atoms with Crippen molar-refractivity contribution in [1.82, 2.24) is 10.6 Å². The third-order valence-electron chi connectivity index (χ3n) is 2.25. The molecule has 0 aliphatic carbocycles. The molecule has 0 aliphatic heterocycles. The van der Waals surface area contributed by atoms with E-state index in [2.05, 4.69) is 66.0 Å². The van der Waals surface area contributed by atoms with Gasteiger partial charge in [-0.2, -0.15) is 0 Å². The molecular weight excluding hydrogens is 184 g/mol. The number of hydrogen-bond donors (Lipinski definition) is 2. The van der Waals surface area contributed by atoms with E-state index in [-0.39, 0.29) is 11.1 Å². The van der Waals surface area contributed by atoms with Crippen molar-refractivity contribution < 1.29 is 0 Å². The zero-order chi connectivity index (χ0) is 12.3. The van der Waals surface area contributed by atoms with Crippen LogP contribution >= 0.6 is 0 Å². The van der Waals surface area contributed by atoms with Crippen LogP contribution in [0.15, 0.2) is 0 Å². The van der Waals surface area contributed by atoms with Crippen molar-refractivity contribution in [1.29, 1.82) is 0 Å². The molecular formula is C13H29N2. The average Bonchev–Trinajstić information content (AvgIpc) is 1.95. The van der Waals surface area contributed by atoms with E-state index in [1.807, 2.05) is 0 Å². The van der Waals surface area contributed by atoms with Crippen molar-refractivity contribution in [3.8, 4) is 0 Å². The zero-order valence-corrected chi connectivity index (χ0v) is 11.8. The largest absolute Gasteiger partial charge is 0.312 e. The minimum Gasteiger partial charge on any atom is -0.312 e. The summed E-state index contributed by atoms with van der Waals surface area (Å²) in [5, 5.41) is 7.06. The predicted octanol–water partition coefficient (Wildman–Crippen LogP) is 2.95. The summed E-state index contributed by atoms with van der Waals surface area (Å²) in [6.45, 7) is 18.7. The van der Waals surface area contributed by atoms with Crippen LogP contribution in [0.3, 0.4) is 0 Å². The maximum absolute atomic E-state index is 3.53. The van der Waals surface area contributed by atoms with Crippen LogP contribution in [-0.2, 0) is 0 Å². The molecule has 1 radical (unpaired) electrons. The highest BCUT2D eigenvalue weighted by molar-refractivity contribution is 4.94. The molecule has 0 amide bonds. The van der Waals surface area contributed by atoms with Crippen molar-refractivity contribution in [2.24, 2.45) is 5.92 Å². The molecule has 0 aromatic carbocycles. The third kappa shape index (κ3) is 8.88. The summed E-state index contributed by atoms with van der Waals surface area (Å²) in [6.07, 6.45) is 0. The Morgan fingerprint density at radius 3 is 1.80 bits per heavy atom. The lowest BCUT2D eigenvalue weighted by molar-refractivity contribution is 0.343. The molecule has 0 fully saturated rings. The van der Waals surface area contributed by atoms with Crippen molar-refractivity contribution >= 4 is 0 Å². The Balaban J connectivity index is 3.95. The van der Waals surface area contributed by atoms with Gasteiger partial charge in [-0.15, -0.1) is 0 Å². The maximum atomic E-state index is 3.53. The number of rotatable bonds is 4. The van der Waals surface area contributed by atoms with E-state index in [0.717, 1.165) is 6.54 Å². The lowest BCUT2D eigenvalue weighted by atomic mass is 9.98. The summed E-state index contributed by atoms with van der Waals surface area (Å²) >= 11 is 0. The molecule has 0 aliphatic rings. The Hall–Kier alpha value is -0.0800. The Kier molecular flexibility index (Phi) is 5.28. The molecule has 2 nitrogen and oxygen atoms in total. The number of nitrogens with one attached hydrogen (secondary N) is 2. The Morgan fingerprint density at radius 2 is 1.47 bits per heavy atom. The van der Waals surface area contributed by atoms with E-state index in [4.69, 9.17) is 0 Å². The van der Waals surface area contributed by atoms with Crippen LogP contribution in [0, 0.1) is 12.0 Å². The van der Waals surface area contributed by atoms with E-state index in [0.29, 0.717) is 5.92 Å². The molecule has 0 saturated carbocycles. The second-order valence-electron chi connectivity index (χ2n) is 6.59. The molecule has 0 aromatic rings. The summed E-state index contributed by atoms with van der Waals surface area (Å²) in [5.74, 6) is 0.559. The summed E-state index contributed by atoms with van der Waals surface area (Å²) in [7, 11) is 0. The summed E-state index contributed by atoms with van der Waals surface area (Å²) in [5.41, 5.74) is 0.371. The summed E-state index contributed by atoms with van der Waals surface area (Å²) in [4.78, 5) is 0. The Bertz CT molecular complexity index is 174. The van der Waals surface area contributed by atoms with Gasteiger partial charge in [0.15, 0.2) is 0 Å². The first-order valence-electron chi connectivity index (χ1n) is 5.88. The lowest BCUT2D eigenvalue weighted by Gasteiger charge is -2.31. The normalized spacial score (nSPS) is 15.8. The molecule has 0 aromatic heterocycles. The SMILES string of the molecule is C[C](NC(C)(C)C)C(C)CNC(C)(C)C. The van der Waals surface area contributed by atoms with E-state index >= 15 is 0 Å². The van der Waals surface area contributed by atoms with Crippen LogP contribution in [0.4, 0.5) is 0 Å². The summed E-state index contributed by atoms with van der Waals surface area (Å²) < 4.78 is 0. The van der Waals surface area contributed by atoms with Crippen LogP contribution in [0.5, 0.6) is 0 Å². The van der Waals surface area contributed by atoms with Crippen LogP contribution in [0.1, 0.15) is 55.4 Å². The number of hydrogen-bond acceptors (Lipinski definition) is 2. The van der Waals surface area contributed by atoms with Crippen LogP contribution in [0.25, 0.3) is 0 Å². The van der Waals surface area contributed by atoms with Gasteiger partial charge < -0.3 is 10.6 Å². The fourth-order valence-corrected chi connectivity index (χ4v) is 1.33. The molecule has 0 bridgehead atoms. The highest BCUT2D eigenvalue weighted by Crippen LogP contribution is 2.14. The van der Waals surface area contributed by atoms with Gasteiger partial charge in [0.2, 0.25) is 0 Å². The molecule has 2 heteroatoms. The average molecular weight is 213 g/mol. The smallest absolute Gasteiger partial charge is 0.0378 e. The van der Waals surface area contributed by atoms with Crippen molar-refractivity contribution in [3.63, 3.8) is 0 Å². The first-order chi connectivity index (χ1) is 6.51. The van der Waals surface area contributed by atoms with E-state index in [9.17, 15) is 0 Å². The highest BCUT2D eigenvalue weighted by Gasteiger charge is 2.20. The van der Waals surface area contributed by atoms with Crippen molar-refractivity contribution in [2.75, 3.05) is 6.54 Å². The maximum Gasteiger partial charge on any atom is 0.0378 e. The minimum atomic E-state index is 0.167. The molecule has 0 heterocycles. The van der Waals surface area contributed by atoms with Crippen molar-refractivity contribution in [3.05, 3.63) is 6.04 Å². The van der Waals surface area contributed by atoms with Gasteiger partial charge in [0.25, 0.3) is 0 Å². The van der Waals surface area contributed by atoms with E-state index in [1.54, 1.807) is 0 Å². The Morgan fingerprint density at radius 1 is 1.00 bits per heavy atom. The molecule has 0 rings (SSSR count). The van der Waals surface area contributed by atoms with E-state index in [1.165, 1.54) is 6.04 Å². The molecule has 91 valence electrons. The second-order valence-corrected chi connectivity index (χ2v) is 6.59. The molecule has 15 heavy (non-hydrogen) atoms. The van der Waals surface area contributed by atoms with Gasteiger partial charge in [-0.1, -0.05) is 6.92 Å². The zero-order valence-electron chi connectivity index (χ0n) is 11.8. The van der Waals surface area contributed by atoms with Gasteiger partial charge in [-0.05, 0) is 60.9 Å². The van der Waals surface area contributed by atoms with E-state index < -0.39 is 0 Å². The first kappa shape index (κ1) is 14.9. The highest BCUT2D eigenvalue weighted by atomic mass is 15.0. The molecule has 0 spiro atoms. The van der Waals surface area contributed by atoms with Crippen LogP contribution < -0.4 is 10.6 Å². The molecule has 2 N–H and O–H groups in total. The predicted molar refractivity (Wildman–Crippen MR) is 68.7 cm³/mol. The third-order valence-corrected chi connectivity index (χ3v) is 2.25. The lowest BCUT2D eigenvalue weighted by Crippen LogP contribution is -2.45. The molecule has 1 unspecified atom stereocenters. The summed E-state index contributed by atoms with van der Waals surface area (Å²) in [6, 6.07) is 1.36. The monoisotopic (exact) mass is 213 g/mol. The molecule has 1 atom stereocenters. The van der Waals surface area contributed by atoms with Gasteiger partial charge in [0, 0.05) is 17.1 Å². The Labute approximate surface area is 96.2 Å². The fraction of sp³-hybridized carbons (Fsp3) is 0.923. The van der Waals surface area contributed by atoms with Gasteiger partial charge in [-0.3, -0.25) is 0 Å². The first-order valence-corrected chi connectivity index (χ1v) is 5.88. The van der Waals surface area contributed by atoms with Gasteiger partial charge >= 0.3 is 0 Å². The second kappa shape index (κ2) is 5.31. The van der Waals surface area contributed by atoms with Crippen molar-refractivity contribution in [2.45, 2.75) is 66.5 Å². The standard InChI is InChI=1S/C13H29N2/c1-10(9-14-12(3,4)5)11(2)15-13(6,7)8/h10,14-15H,9H2,1-8H3. The van der Waals surface area contributed by atoms with Gasteiger partial charge in [0.1, 0.15) is 0 Å². The van der Waals surface area contributed by atoms with Crippen LogP contribution in [0.2, 0.25) is 0 Å². The van der Waals surface area contributed by atoms with Crippen LogP contribution in [-0.4, -0.2) is 17.6 Å². The minimum absolute atomic E-state index is 0.167. The topological polar surface area (TPSA) is 24.1 Å².